The van der Waals surface area contributed by atoms with Crippen molar-refractivity contribution in [3.63, 3.8) is 0 Å². The van der Waals surface area contributed by atoms with Gasteiger partial charge >= 0.3 is 0 Å². The maximum Gasteiger partial charge on any atom is 0.249 e. The fourth-order valence-electron chi connectivity index (χ4n) is 0.641. The number of rotatable bonds is 1. The molecule has 10 heavy (non-hydrogen) atoms. The molecule has 0 atom stereocenters. The largest absolute Gasteiger partial charge is 0.618 e. The van der Waals surface area contributed by atoms with E-state index in [1.54, 1.807) is 6.07 Å². The Morgan fingerprint density at radius 2 is 2.10 bits per heavy atom. The quantitative estimate of drug-likeness (QED) is 0.309. The fraction of sp³-hybridized carbons (Fsp3) is 0.167. The molecule has 0 amide bonds. The molecule has 1 heterocycles. The predicted octanol–water partition coefficient (Wildman–Crippen LogP) is -0.697. The number of aliphatic hydroxyl groups excluding tert-OH is 1. The number of pyridine rings is 1. The molecule has 0 aromatic carbocycles. The molecule has 0 saturated heterocycles. The first kappa shape index (κ1) is 6.98. The Labute approximate surface area is 57.6 Å². The van der Waals surface area contributed by atoms with Gasteiger partial charge in [-0.2, -0.15) is 4.73 Å². The van der Waals surface area contributed by atoms with Crippen molar-refractivity contribution in [3.8, 4) is 0 Å². The van der Waals surface area contributed by atoms with E-state index in [4.69, 9.17) is 10.2 Å². The van der Waals surface area contributed by atoms with Crippen LogP contribution in [0.3, 0.4) is 0 Å². The van der Waals surface area contributed by atoms with Crippen molar-refractivity contribution in [1.29, 1.82) is 0 Å². The third-order valence-corrected chi connectivity index (χ3v) is 1.12. The van der Waals surface area contributed by atoms with Gasteiger partial charge in [0.15, 0.2) is 6.20 Å². The van der Waals surface area contributed by atoms with E-state index in [-0.39, 0.29) is 5.69 Å². The highest BCUT2D eigenvalue weighted by Gasteiger charge is 2.10. The maximum absolute atomic E-state index is 10.7. The van der Waals surface area contributed by atoms with Crippen molar-refractivity contribution < 1.29 is 14.9 Å². The van der Waals surface area contributed by atoms with Gasteiger partial charge in [-0.15, -0.1) is 0 Å². The molecule has 4 nitrogen and oxygen atoms in total. The van der Waals surface area contributed by atoms with E-state index in [0.29, 0.717) is 4.73 Å². The molecule has 1 rings (SSSR count). The maximum atomic E-state index is 10.7. The summed E-state index contributed by atoms with van der Waals surface area (Å²) in [6.45, 7) is 0. The van der Waals surface area contributed by atoms with Crippen LogP contribution in [0.4, 0.5) is 0 Å². The van der Waals surface area contributed by atoms with Crippen LogP contribution >= 0.6 is 0 Å². The van der Waals surface area contributed by atoms with Crippen LogP contribution in [0, 0.1) is 5.21 Å². The highest BCUT2D eigenvalue weighted by atomic mass is 16.5. The summed E-state index contributed by atoms with van der Waals surface area (Å²) in [6, 6.07) is 4.42. The number of hydrogen-bond donors (Lipinski definition) is 2. The molecule has 0 fully saturated rings. The van der Waals surface area contributed by atoms with E-state index < -0.39 is 6.29 Å². The molecule has 4 heteroatoms. The van der Waals surface area contributed by atoms with Gasteiger partial charge in [0, 0.05) is 12.1 Å². The van der Waals surface area contributed by atoms with E-state index in [9.17, 15) is 5.21 Å². The third kappa shape index (κ3) is 1.23. The number of aromatic nitrogens is 1. The molecule has 1 aromatic heterocycles. The molecule has 0 saturated carbocycles. The van der Waals surface area contributed by atoms with Crippen LogP contribution in [0.2, 0.25) is 0 Å². The first-order valence-corrected chi connectivity index (χ1v) is 2.76. The minimum atomic E-state index is -1.70. The van der Waals surface area contributed by atoms with E-state index in [2.05, 4.69) is 0 Å². The van der Waals surface area contributed by atoms with Gasteiger partial charge in [0.2, 0.25) is 12.0 Å². The molecule has 1 aromatic rings. The summed E-state index contributed by atoms with van der Waals surface area (Å²) in [5, 5.41) is 27.7. The van der Waals surface area contributed by atoms with Crippen LogP contribution in [0.15, 0.2) is 24.4 Å². The van der Waals surface area contributed by atoms with Crippen LogP contribution in [0.25, 0.3) is 0 Å². The average Bonchev–Trinajstić information content (AvgIpc) is 1.88. The Morgan fingerprint density at radius 1 is 1.40 bits per heavy atom. The number of aliphatic hydroxyl groups is 2. The molecule has 0 unspecified atom stereocenters. The van der Waals surface area contributed by atoms with Crippen LogP contribution in [-0.4, -0.2) is 10.2 Å². The van der Waals surface area contributed by atoms with Crippen LogP contribution in [0.1, 0.15) is 12.0 Å². The van der Waals surface area contributed by atoms with Crippen LogP contribution < -0.4 is 4.73 Å². The first-order chi connectivity index (χ1) is 4.72. The monoisotopic (exact) mass is 141 g/mol. The Hall–Kier alpha value is -1.13. The van der Waals surface area contributed by atoms with Crippen molar-refractivity contribution >= 4 is 0 Å². The van der Waals surface area contributed by atoms with Gasteiger partial charge in [-0.1, -0.05) is 0 Å². The Kier molecular flexibility index (Phi) is 1.84. The first-order valence-electron chi connectivity index (χ1n) is 2.76. The SMILES string of the molecule is [O-][n+]1ccccc1C(O)O. The molecule has 0 aliphatic rings. The van der Waals surface area contributed by atoms with Gasteiger partial charge in [-0.3, -0.25) is 0 Å². The van der Waals surface area contributed by atoms with E-state index in [1.165, 1.54) is 18.3 Å². The Balaban J connectivity index is 3.03. The second-order valence-corrected chi connectivity index (χ2v) is 1.82. The average molecular weight is 141 g/mol. The van der Waals surface area contributed by atoms with Gasteiger partial charge in [0.1, 0.15) is 0 Å². The lowest BCUT2D eigenvalue weighted by Crippen LogP contribution is -2.32. The molecule has 54 valence electrons. The zero-order valence-electron chi connectivity index (χ0n) is 5.14. The fourth-order valence-corrected chi connectivity index (χ4v) is 0.641. The van der Waals surface area contributed by atoms with Gasteiger partial charge in [0.25, 0.3) is 0 Å². The lowest BCUT2D eigenvalue weighted by atomic mass is 10.3. The molecular formula is C6H7NO3. The number of nitrogens with zero attached hydrogens (tertiary/aromatic N) is 1. The predicted molar refractivity (Wildman–Crippen MR) is 32.6 cm³/mol. The van der Waals surface area contributed by atoms with E-state index in [0.717, 1.165) is 0 Å². The van der Waals surface area contributed by atoms with E-state index in [1.807, 2.05) is 0 Å². The Morgan fingerprint density at radius 3 is 2.50 bits per heavy atom. The summed E-state index contributed by atoms with van der Waals surface area (Å²) in [6.07, 6.45) is -0.493. The van der Waals surface area contributed by atoms with Crippen molar-refractivity contribution in [2.24, 2.45) is 0 Å². The highest BCUT2D eigenvalue weighted by Crippen LogP contribution is 2.00. The molecule has 2 N–H and O–H groups in total. The van der Waals surface area contributed by atoms with Crippen LogP contribution in [0.5, 0.6) is 0 Å². The lowest BCUT2D eigenvalue weighted by Gasteiger charge is -2.03. The highest BCUT2D eigenvalue weighted by molar-refractivity contribution is 4.97. The molecule has 0 aliphatic heterocycles. The van der Waals surface area contributed by atoms with Gasteiger partial charge in [-0.05, 0) is 6.07 Å². The molecular weight excluding hydrogens is 134 g/mol. The summed E-state index contributed by atoms with van der Waals surface area (Å²) < 4.78 is 0.407. The van der Waals surface area contributed by atoms with Crippen molar-refractivity contribution in [3.05, 3.63) is 35.3 Å². The zero-order valence-corrected chi connectivity index (χ0v) is 5.14. The normalized spacial score (nSPS) is 10.3. The minimum Gasteiger partial charge on any atom is -0.618 e. The molecule has 0 radical (unpaired) electrons. The summed E-state index contributed by atoms with van der Waals surface area (Å²) in [7, 11) is 0. The second kappa shape index (κ2) is 2.64. The van der Waals surface area contributed by atoms with Crippen molar-refractivity contribution in [2.75, 3.05) is 0 Å². The third-order valence-electron chi connectivity index (χ3n) is 1.12. The van der Waals surface area contributed by atoms with Gasteiger partial charge in [-0.25, -0.2) is 0 Å². The summed E-state index contributed by atoms with van der Waals surface area (Å²) in [5.74, 6) is 0. The smallest absolute Gasteiger partial charge is 0.249 e. The van der Waals surface area contributed by atoms with Crippen molar-refractivity contribution in [2.45, 2.75) is 6.29 Å². The van der Waals surface area contributed by atoms with Gasteiger partial charge < -0.3 is 15.4 Å². The standard InChI is InChI=1S/C6H7NO3/c8-6(9)5-3-1-2-4-7(5)10/h1-4,6,8-9H. The molecule has 0 aliphatic carbocycles. The number of hydrogen-bond acceptors (Lipinski definition) is 3. The summed E-state index contributed by atoms with van der Waals surface area (Å²) in [4.78, 5) is 0. The summed E-state index contributed by atoms with van der Waals surface area (Å²) in [5.41, 5.74) is -0.0671. The van der Waals surface area contributed by atoms with Crippen molar-refractivity contribution in [1.82, 2.24) is 0 Å². The summed E-state index contributed by atoms with van der Waals surface area (Å²) >= 11 is 0. The topological polar surface area (TPSA) is 67.4 Å². The minimum absolute atomic E-state index is 0.0671. The zero-order chi connectivity index (χ0) is 7.56. The van der Waals surface area contributed by atoms with Crippen LogP contribution in [-0.2, 0) is 0 Å². The second-order valence-electron chi connectivity index (χ2n) is 1.82. The lowest BCUT2D eigenvalue weighted by molar-refractivity contribution is -0.622. The van der Waals surface area contributed by atoms with Gasteiger partial charge in [0.05, 0.1) is 0 Å². The molecule has 0 spiro atoms. The Bertz CT molecular complexity index is 224. The van der Waals surface area contributed by atoms with E-state index >= 15 is 0 Å². The molecule has 0 bridgehead atoms.